The molecule has 182 valence electrons. The second kappa shape index (κ2) is 10.5. The van der Waals surface area contributed by atoms with E-state index in [0.29, 0.717) is 62.1 Å². The van der Waals surface area contributed by atoms with Crippen molar-refractivity contribution in [3.8, 4) is 5.75 Å². The highest BCUT2D eigenvalue weighted by Gasteiger charge is 2.27. The number of hydrogen-bond acceptors (Lipinski definition) is 7. The van der Waals surface area contributed by atoms with E-state index in [9.17, 15) is 13.2 Å². The molecule has 0 amide bonds. The molecule has 4 rings (SSSR count). The van der Waals surface area contributed by atoms with E-state index in [4.69, 9.17) is 14.2 Å². The lowest BCUT2D eigenvalue weighted by Gasteiger charge is -2.26. The number of aryl methyl sites for hydroxylation is 1. The Kier molecular flexibility index (Phi) is 7.50. The summed E-state index contributed by atoms with van der Waals surface area (Å²) in [5, 5.41) is 0. The highest BCUT2D eigenvalue weighted by Crippen LogP contribution is 2.24. The lowest BCUT2D eigenvalue weighted by molar-refractivity contribution is 0.0458. The van der Waals surface area contributed by atoms with Gasteiger partial charge >= 0.3 is 5.97 Å². The number of nitrogens with zero attached hydrogens (tertiary/aromatic N) is 3. The Balaban J connectivity index is 1.50. The van der Waals surface area contributed by atoms with Crippen LogP contribution in [-0.2, 0) is 32.6 Å². The summed E-state index contributed by atoms with van der Waals surface area (Å²) in [5.74, 6) is 0.788. The zero-order valence-corrected chi connectivity index (χ0v) is 20.2. The van der Waals surface area contributed by atoms with E-state index in [-0.39, 0.29) is 11.5 Å². The summed E-state index contributed by atoms with van der Waals surface area (Å²) in [6.45, 7) is 6.61. The van der Waals surface area contributed by atoms with Crippen molar-refractivity contribution < 1.29 is 27.4 Å². The van der Waals surface area contributed by atoms with Gasteiger partial charge < -0.3 is 18.8 Å². The van der Waals surface area contributed by atoms with Gasteiger partial charge in [0.15, 0.2) is 0 Å². The van der Waals surface area contributed by atoms with Crippen LogP contribution in [0.1, 0.15) is 36.5 Å². The van der Waals surface area contributed by atoms with Gasteiger partial charge in [0.1, 0.15) is 18.2 Å². The van der Waals surface area contributed by atoms with Crippen LogP contribution < -0.4 is 4.74 Å². The van der Waals surface area contributed by atoms with Crippen molar-refractivity contribution in [3.63, 3.8) is 0 Å². The number of carbonyl (C=O) groups excluding carboxylic acids is 1. The first-order valence-corrected chi connectivity index (χ1v) is 12.8. The van der Waals surface area contributed by atoms with E-state index in [1.807, 2.05) is 18.4 Å². The Bertz CT molecular complexity index is 1250. The van der Waals surface area contributed by atoms with Crippen molar-refractivity contribution in [1.82, 2.24) is 13.9 Å². The largest absolute Gasteiger partial charge is 0.494 e. The molecule has 0 atom stereocenters. The molecule has 0 N–H and O–H groups in total. The predicted octanol–water partition coefficient (Wildman–Crippen LogP) is 3.22. The Morgan fingerprint density at radius 3 is 2.50 bits per heavy atom. The van der Waals surface area contributed by atoms with Gasteiger partial charge in [-0.3, -0.25) is 0 Å². The Hall–Kier alpha value is -2.95. The number of morpholine rings is 1. The van der Waals surface area contributed by atoms with Crippen molar-refractivity contribution in [2.75, 3.05) is 32.9 Å². The van der Waals surface area contributed by atoms with E-state index >= 15 is 0 Å². The molecule has 0 aliphatic carbocycles. The maximum Gasteiger partial charge on any atom is 0.338 e. The van der Waals surface area contributed by atoms with Crippen LogP contribution in [0.15, 0.2) is 47.4 Å². The molecule has 1 aliphatic rings. The van der Waals surface area contributed by atoms with Crippen molar-refractivity contribution in [1.29, 1.82) is 0 Å². The minimum absolute atomic E-state index is 0.0268. The second-order valence-corrected chi connectivity index (χ2v) is 9.83. The molecule has 0 spiro atoms. The third-order valence-electron chi connectivity index (χ3n) is 5.62. The Morgan fingerprint density at radius 1 is 1.09 bits per heavy atom. The molecule has 0 bridgehead atoms. The summed E-state index contributed by atoms with van der Waals surface area (Å²) in [5.41, 5.74) is 1.74. The fourth-order valence-electron chi connectivity index (χ4n) is 3.84. The van der Waals surface area contributed by atoms with Gasteiger partial charge in [-0.25, -0.2) is 18.2 Å². The molecule has 9 nitrogen and oxygen atoms in total. The molecular formula is C24H29N3O6S. The zero-order chi connectivity index (χ0) is 24.1. The number of aromatic nitrogens is 2. The first kappa shape index (κ1) is 24.2. The number of hydrogen-bond donors (Lipinski definition) is 0. The van der Waals surface area contributed by atoms with Crippen LogP contribution in [0.3, 0.4) is 0 Å². The first-order chi connectivity index (χ1) is 16.4. The number of ether oxygens (including phenoxy) is 3. The summed E-state index contributed by atoms with van der Waals surface area (Å²) in [7, 11) is -3.63. The molecule has 2 heterocycles. The number of esters is 1. The topological polar surface area (TPSA) is 100.0 Å². The van der Waals surface area contributed by atoms with Crippen molar-refractivity contribution in [3.05, 3.63) is 53.9 Å². The lowest BCUT2D eigenvalue weighted by atomic mass is 10.2. The van der Waals surface area contributed by atoms with Crippen LogP contribution in [0.25, 0.3) is 11.0 Å². The standard InChI is InChI=1S/C24H29N3O6S/c1-3-13-32-19-7-5-18(6-8-19)24(28)33-17-23-25-21-16-20(9-10-22(21)27(23)4-2)34(29,30)26-11-14-31-15-12-26/h5-10,16H,3-4,11-15,17H2,1-2H3. The Morgan fingerprint density at radius 2 is 1.82 bits per heavy atom. The molecule has 1 saturated heterocycles. The van der Waals surface area contributed by atoms with Gasteiger partial charge in [-0.2, -0.15) is 4.31 Å². The average molecular weight is 488 g/mol. The smallest absolute Gasteiger partial charge is 0.338 e. The minimum Gasteiger partial charge on any atom is -0.494 e. The third-order valence-corrected chi connectivity index (χ3v) is 7.51. The summed E-state index contributed by atoms with van der Waals surface area (Å²) in [4.78, 5) is 17.3. The van der Waals surface area contributed by atoms with Crippen molar-refractivity contribution in [2.24, 2.45) is 0 Å². The van der Waals surface area contributed by atoms with Crippen LogP contribution in [0.2, 0.25) is 0 Å². The van der Waals surface area contributed by atoms with Crippen LogP contribution in [0.4, 0.5) is 0 Å². The molecule has 1 fully saturated rings. The fourth-order valence-corrected chi connectivity index (χ4v) is 5.27. The van der Waals surface area contributed by atoms with Gasteiger partial charge in [0, 0.05) is 19.6 Å². The molecule has 10 heteroatoms. The van der Waals surface area contributed by atoms with Crippen LogP contribution in [0, 0.1) is 0 Å². The Labute approximate surface area is 199 Å². The maximum absolute atomic E-state index is 13.0. The molecule has 0 unspecified atom stereocenters. The van der Waals surface area contributed by atoms with Gasteiger partial charge in [0.25, 0.3) is 0 Å². The van der Waals surface area contributed by atoms with Crippen LogP contribution in [0.5, 0.6) is 5.75 Å². The van der Waals surface area contributed by atoms with E-state index in [1.165, 1.54) is 4.31 Å². The van der Waals surface area contributed by atoms with E-state index in [2.05, 4.69) is 4.98 Å². The number of benzene rings is 2. The zero-order valence-electron chi connectivity index (χ0n) is 19.4. The SMILES string of the molecule is CCCOc1ccc(C(=O)OCc2nc3cc(S(=O)(=O)N4CCOCC4)ccc3n2CC)cc1. The molecule has 0 radical (unpaired) electrons. The summed E-state index contributed by atoms with van der Waals surface area (Å²) in [6, 6.07) is 11.7. The maximum atomic E-state index is 13.0. The third kappa shape index (κ3) is 5.08. The van der Waals surface area contributed by atoms with Crippen LogP contribution >= 0.6 is 0 Å². The van der Waals surface area contributed by atoms with Gasteiger partial charge in [0.2, 0.25) is 10.0 Å². The normalized spacial score (nSPS) is 14.9. The lowest BCUT2D eigenvalue weighted by Crippen LogP contribution is -2.40. The molecular weight excluding hydrogens is 458 g/mol. The first-order valence-electron chi connectivity index (χ1n) is 11.4. The van der Waals surface area contributed by atoms with Crippen molar-refractivity contribution in [2.45, 2.75) is 38.3 Å². The highest BCUT2D eigenvalue weighted by atomic mass is 32.2. The van der Waals surface area contributed by atoms with Gasteiger partial charge in [-0.1, -0.05) is 6.92 Å². The minimum atomic E-state index is -3.63. The second-order valence-electron chi connectivity index (χ2n) is 7.89. The monoisotopic (exact) mass is 487 g/mol. The van der Waals surface area contributed by atoms with Gasteiger partial charge in [0.05, 0.1) is 41.3 Å². The molecule has 34 heavy (non-hydrogen) atoms. The summed E-state index contributed by atoms with van der Waals surface area (Å²) < 4.78 is 45.6. The molecule has 3 aromatic rings. The molecule has 0 saturated carbocycles. The molecule has 1 aliphatic heterocycles. The average Bonchev–Trinajstić information content (AvgIpc) is 3.23. The van der Waals surface area contributed by atoms with E-state index in [0.717, 1.165) is 11.9 Å². The van der Waals surface area contributed by atoms with Gasteiger partial charge in [-0.05, 0) is 55.8 Å². The highest BCUT2D eigenvalue weighted by molar-refractivity contribution is 7.89. The number of rotatable bonds is 9. The molecule has 2 aromatic carbocycles. The molecule has 1 aromatic heterocycles. The van der Waals surface area contributed by atoms with E-state index in [1.54, 1.807) is 42.5 Å². The quantitative estimate of drug-likeness (QED) is 0.427. The number of sulfonamides is 1. The number of imidazole rings is 1. The van der Waals surface area contributed by atoms with Crippen LogP contribution in [-0.4, -0.2) is 61.2 Å². The predicted molar refractivity (Wildman–Crippen MR) is 126 cm³/mol. The summed E-state index contributed by atoms with van der Waals surface area (Å²) >= 11 is 0. The summed E-state index contributed by atoms with van der Waals surface area (Å²) in [6.07, 6.45) is 0.906. The van der Waals surface area contributed by atoms with E-state index < -0.39 is 16.0 Å². The van der Waals surface area contributed by atoms with Crippen molar-refractivity contribution >= 4 is 27.0 Å². The number of carbonyl (C=O) groups is 1. The van der Waals surface area contributed by atoms with Gasteiger partial charge in [-0.15, -0.1) is 0 Å². The number of fused-ring (bicyclic) bond motifs is 1. The fraction of sp³-hybridized carbons (Fsp3) is 0.417.